The van der Waals surface area contributed by atoms with Gasteiger partial charge in [-0.1, -0.05) is 140 Å². The van der Waals surface area contributed by atoms with Crippen LogP contribution in [0.3, 0.4) is 0 Å². The molecule has 2 aromatic rings. The van der Waals surface area contributed by atoms with E-state index < -0.39 is 0 Å². The predicted molar refractivity (Wildman–Crippen MR) is 182 cm³/mol. The van der Waals surface area contributed by atoms with Crippen LogP contribution in [-0.4, -0.2) is 32.8 Å². The topological polar surface area (TPSA) is 43.2 Å². The first-order valence-electron chi connectivity index (χ1n) is 17.3. The minimum atomic E-state index is 0.800. The van der Waals surface area contributed by atoms with Crippen molar-refractivity contribution in [2.75, 3.05) is 26.8 Å². The van der Waals surface area contributed by atoms with Gasteiger partial charge >= 0.3 is 0 Å². The molecule has 0 amide bonds. The van der Waals surface area contributed by atoms with Crippen LogP contribution in [0.4, 0.5) is 0 Å². The molecule has 0 bridgehead atoms. The molecule has 0 radical (unpaired) electrons. The molecule has 0 heterocycles. The van der Waals surface area contributed by atoms with Gasteiger partial charge in [0.15, 0.2) is 0 Å². The molecule has 0 fully saturated rings. The van der Waals surface area contributed by atoms with E-state index in [-0.39, 0.29) is 0 Å². The third-order valence-electron chi connectivity index (χ3n) is 7.98. The van der Waals surface area contributed by atoms with Crippen LogP contribution in [0.5, 0.6) is 11.5 Å². The second-order valence-corrected chi connectivity index (χ2v) is 11.7. The largest absolute Gasteiger partial charge is 0.497 e. The molecule has 0 N–H and O–H groups in total. The molecule has 0 spiro atoms. The summed E-state index contributed by atoms with van der Waals surface area (Å²) in [6, 6.07) is 19.5. The quantitative estimate of drug-likeness (QED) is 0.0784. The first-order valence-corrected chi connectivity index (χ1v) is 17.3. The van der Waals surface area contributed by atoms with Gasteiger partial charge in [0.2, 0.25) is 0 Å². The summed E-state index contributed by atoms with van der Waals surface area (Å²) in [6.07, 6.45) is 26.6. The van der Waals surface area contributed by atoms with Crippen molar-refractivity contribution in [2.24, 2.45) is 9.98 Å². The third-order valence-corrected chi connectivity index (χ3v) is 7.98. The number of aliphatic imine (C=N–C) groups is 2. The Balaban J connectivity index is 1.30. The molecule has 234 valence electrons. The second kappa shape index (κ2) is 26.1. The fraction of sp³-hybridized carbons (Fsp3) is 0.658. The average Bonchev–Trinajstić information content (AvgIpc) is 3.03. The first-order chi connectivity index (χ1) is 20.8. The number of hydrogen-bond donors (Lipinski definition) is 0. The van der Waals surface area contributed by atoms with Gasteiger partial charge in [-0.2, -0.15) is 0 Å². The van der Waals surface area contributed by atoms with Crippen molar-refractivity contribution in [2.45, 2.75) is 135 Å². The van der Waals surface area contributed by atoms with E-state index in [9.17, 15) is 0 Å². The Hall–Kier alpha value is -2.58. The van der Waals surface area contributed by atoms with Gasteiger partial charge < -0.3 is 9.47 Å². The van der Waals surface area contributed by atoms with E-state index in [0.717, 1.165) is 37.6 Å². The van der Waals surface area contributed by atoms with E-state index in [2.05, 4.69) is 59.3 Å². The Morgan fingerprint density at radius 2 is 0.857 bits per heavy atom. The minimum Gasteiger partial charge on any atom is -0.497 e. The van der Waals surface area contributed by atoms with Gasteiger partial charge in [0.05, 0.1) is 19.7 Å². The highest BCUT2D eigenvalue weighted by Gasteiger charge is 2.00. The standard InChI is InChI=1S/C38H60N2O2/c1-3-4-5-6-7-8-11-14-17-20-31-39-34-40-32-21-18-15-12-9-10-13-16-19-22-33-42-38-29-25-36(26-30-38)35-23-27-37(41-2)28-24-35/h23-30H,3-22,31-33H2,1-2H3. The lowest BCUT2D eigenvalue weighted by Crippen LogP contribution is -1.97. The molecule has 0 aliphatic heterocycles. The number of nitrogens with zero attached hydrogens (tertiary/aromatic N) is 2. The van der Waals surface area contributed by atoms with Crippen molar-refractivity contribution < 1.29 is 9.47 Å². The number of rotatable bonds is 27. The molecule has 2 aromatic carbocycles. The minimum absolute atomic E-state index is 0.800. The van der Waals surface area contributed by atoms with Crippen molar-refractivity contribution in [1.29, 1.82) is 0 Å². The van der Waals surface area contributed by atoms with Gasteiger partial charge in [-0.05, 0) is 54.7 Å². The van der Waals surface area contributed by atoms with Crippen LogP contribution in [0.15, 0.2) is 58.5 Å². The van der Waals surface area contributed by atoms with Gasteiger partial charge in [0.25, 0.3) is 0 Å². The lowest BCUT2D eigenvalue weighted by molar-refractivity contribution is 0.304. The zero-order valence-electron chi connectivity index (χ0n) is 27.1. The third kappa shape index (κ3) is 18.8. The van der Waals surface area contributed by atoms with Gasteiger partial charge in [-0.15, -0.1) is 0 Å². The van der Waals surface area contributed by atoms with Crippen LogP contribution >= 0.6 is 0 Å². The Labute approximate surface area is 258 Å². The Morgan fingerprint density at radius 1 is 0.476 bits per heavy atom. The molecule has 0 aliphatic rings. The number of methoxy groups -OCH3 is 1. The van der Waals surface area contributed by atoms with Crippen molar-refractivity contribution >= 4 is 6.01 Å². The Kier molecular flexibility index (Phi) is 22.1. The van der Waals surface area contributed by atoms with E-state index in [1.165, 1.54) is 133 Å². The summed E-state index contributed by atoms with van der Waals surface area (Å²) in [7, 11) is 1.69. The van der Waals surface area contributed by atoms with Crippen LogP contribution in [0.25, 0.3) is 11.1 Å². The Bertz CT molecular complexity index is 933. The molecule has 4 heteroatoms. The average molecular weight is 577 g/mol. The highest BCUT2D eigenvalue weighted by Crippen LogP contribution is 2.24. The highest BCUT2D eigenvalue weighted by atomic mass is 16.5. The maximum absolute atomic E-state index is 5.95. The Morgan fingerprint density at radius 3 is 1.29 bits per heavy atom. The molecule has 0 saturated heterocycles. The van der Waals surface area contributed by atoms with Crippen LogP contribution < -0.4 is 9.47 Å². The summed E-state index contributed by atoms with van der Waals surface area (Å²) in [5, 5.41) is 0. The van der Waals surface area contributed by atoms with Gasteiger partial charge in [0, 0.05) is 13.1 Å². The van der Waals surface area contributed by atoms with Crippen molar-refractivity contribution in [1.82, 2.24) is 0 Å². The SMILES string of the molecule is CCCCCCCCCCCCN=C=NCCCCCCCCCCCCOc1ccc(-c2ccc(OC)cc2)cc1. The lowest BCUT2D eigenvalue weighted by Gasteiger charge is -2.08. The van der Waals surface area contributed by atoms with E-state index in [1.807, 2.05) is 12.1 Å². The normalized spacial score (nSPS) is 10.8. The summed E-state index contributed by atoms with van der Waals surface area (Å²) < 4.78 is 11.2. The van der Waals surface area contributed by atoms with Crippen molar-refractivity contribution in [3.8, 4) is 22.6 Å². The lowest BCUT2D eigenvalue weighted by atomic mass is 10.1. The van der Waals surface area contributed by atoms with Gasteiger partial charge in [0.1, 0.15) is 11.5 Å². The van der Waals surface area contributed by atoms with Gasteiger partial charge in [-0.25, -0.2) is 9.98 Å². The molecule has 42 heavy (non-hydrogen) atoms. The summed E-state index contributed by atoms with van der Waals surface area (Å²) in [4.78, 5) is 8.69. The molecule has 0 saturated carbocycles. The van der Waals surface area contributed by atoms with Crippen molar-refractivity contribution in [3.05, 3.63) is 48.5 Å². The zero-order chi connectivity index (χ0) is 29.8. The molecule has 0 atom stereocenters. The van der Waals surface area contributed by atoms with Crippen LogP contribution in [0.2, 0.25) is 0 Å². The monoisotopic (exact) mass is 576 g/mol. The zero-order valence-corrected chi connectivity index (χ0v) is 27.1. The molecule has 0 aromatic heterocycles. The number of ether oxygens (including phenoxy) is 2. The van der Waals surface area contributed by atoms with Crippen LogP contribution in [-0.2, 0) is 0 Å². The van der Waals surface area contributed by atoms with E-state index >= 15 is 0 Å². The van der Waals surface area contributed by atoms with E-state index in [0.29, 0.717) is 0 Å². The van der Waals surface area contributed by atoms with E-state index in [4.69, 9.17) is 9.47 Å². The molecule has 4 nitrogen and oxygen atoms in total. The number of hydrogen-bond acceptors (Lipinski definition) is 4. The molecular formula is C38H60N2O2. The highest BCUT2D eigenvalue weighted by molar-refractivity contribution is 5.64. The summed E-state index contributed by atoms with van der Waals surface area (Å²) in [5.41, 5.74) is 2.38. The first kappa shape index (κ1) is 35.6. The van der Waals surface area contributed by atoms with Crippen LogP contribution in [0.1, 0.15) is 135 Å². The summed E-state index contributed by atoms with van der Waals surface area (Å²) in [6.45, 7) is 4.86. The fourth-order valence-electron chi connectivity index (χ4n) is 5.25. The molecule has 2 rings (SSSR count). The number of benzene rings is 2. The summed E-state index contributed by atoms with van der Waals surface area (Å²) in [5.74, 6) is 1.83. The van der Waals surface area contributed by atoms with Crippen molar-refractivity contribution in [3.63, 3.8) is 0 Å². The second-order valence-electron chi connectivity index (χ2n) is 11.7. The molecule has 0 unspecified atom stereocenters. The van der Waals surface area contributed by atoms with E-state index in [1.54, 1.807) is 7.11 Å². The summed E-state index contributed by atoms with van der Waals surface area (Å²) >= 11 is 0. The van der Waals surface area contributed by atoms with Gasteiger partial charge in [-0.3, -0.25) is 0 Å². The smallest absolute Gasteiger partial charge is 0.119 e. The number of unbranched alkanes of at least 4 members (excludes halogenated alkanes) is 18. The molecule has 0 aliphatic carbocycles. The maximum Gasteiger partial charge on any atom is 0.119 e. The predicted octanol–water partition coefficient (Wildman–Crippen LogP) is 11.7. The molecular weight excluding hydrogens is 516 g/mol. The van der Waals surface area contributed by atoms with Crippen LogP contribution in [0, 0.1) is 0 Å². The fourth-order valence-corrected chi connectivity index (χ4v) is 5.25. The maximum atomic E-state index is 5.95.